The molecule has 144 valence electrons. The van der Waals surface area contributed by atoms with Crippen LogP contribution in [0.25, 0.3) is 11.2 Å². The van der Waals surface area contributed by atoms with Gasteiger partial charge in [0.2, 0.25) is 5.95 Å². The zero-order valence-corrected chi connectivity index (χ0v) is 15.8. The Hall–Kier alpha value is -2.90. The van der Waals surface area contributed by atoms with Gasteiger partial charge in [-0.3, -0.25) is 18.5 Å². The largest absolute Gasteiger partial charge is 0.356 e. The van der Waals surface area contributed by atoms with E-state index in [4.69, 9.17) is 0 Å². The van der Waals surface area contributed by atoms with E-state index >= 15 is 0 Å². The molecular formula is C19H24FN5O2. The summed E-state index contributed by atoms with van der Waals surface area (Å²) < 4.78 is 17.7. The van der Waals surface area contributed by atoms with Crippen LogP contribution in [0.15, 0.2) is 33.9 Å². The number of anilines is 1. The Morgan fingerprint density at radius 3 is 2.63 bits per heavy atom. The van der Waals surface area contributed by atoms with E-state index in [1.54, 1.807) is 23.7 Å². The van der Waals surface area contributed by atoms with Crippen LogP contribution >= 0.6 is 0 Å². The molecule has 27 heavy (non-hydrogen) atoms. The van der Waals surface area contributed by atoms with Gasteiger partial charge >= 0.3 is 5.69 Å². The molecule has 0 aliphatic rings. The maximum Gasteiger partial charge on any atom is 0.332 e. The van der Waals surface area contributed by atoms with Gasteiger partial charge in [0.15, 0.2) is 11.2 Å². The number of imidazole rings is 1. The summed E-state index contributed by atoms with van der Waals surface area (Å²) in [7, 11) is 3.03. The minimum Gasteiger partial charge on any atom is -0.356 e. The number of benzene rings is 1. The number of halogens is 1. The number of nitrogens with one attached hydrogen (secondary N) is 1. The van der Waals surface area contributed by atoms with Crippen molar-refractivity contribution in [3.63, 3.8) is 0 Å². The molecule has 1 N–H and O–H groups in total. The van der Waals surface area contributed by atoms with E-state index in [1.165, 1.54) is 23.7 Å². The minimum absolute atomic E-state index is 0.276. The number of aromatic nitrogens is 4. The van der Waals surface area contributed by atoms with Crippen molar-refractivity contribution in [3.8, 4) is 0 Å². The van der Waals surface area contributed by atoms with Crippen molar-refractivity contribution in [1.29, 1.82) is 0 Å². The second-order valence-corrected chi connectivity index (χ2v) is 6.66. The van der Waals surface area contributed by atoms with E-state index in [0.29, 0.717) is 29.2 Å². The first-order valence-electron chi connectivity index (χ1n) is 9.08. The maximum absolute atomic E-state index is 13.6. The van der Waals surface area contributed by atoms with Crippen LogP contribution in [0.3, 0.4) is 0 Å². The molecule has 0 aliphatic heterocycles. The standard InChI is InChI=1S/C19H24FN5O2/c1-4-5-6-10-21-18-22-16-15(17(26)24(3)19(27)23(16)2)25(18)12-13-8-7-9-14(20)11-13/h7-9,11H,4-6,10,12H2,1-3H3,(H,21,22). The van der Waals surface area contributed by atoms with Gasteiger partial charge in [-0.1, -0.05) is 31.9 Å². The third-order valence-corrected chi connectivity index (χ3v) is 4.64. The van der Waals surface area contributed by atoms with Gasteiger partial charge in [0.25, 0.3) is 5.56 Å². The molecule has 0 saturated heterocycles. The lowest BCUT2D eigenvalue weighted by Crippen LogP contribution is -2.37. The number of unbranched alkanes of at least 4 members (excludes halogenated alkanes) is 2. The number of hydrogen-bond donors (Lipinski definition) is 1. The van der Waals surface area contributed by atoms with E-state index in [1.807, 2.05) is 0 Å². The predicted octanol–water partition coefficient (Wildman–Crippen LogP) is 2.22. The Balaban J connectivity index is 2.14. The molecule has 0 bridgehead atoms. The monoisotopic (exact) mass is 373 g/mol. The van der Waals surface area contributed by atoms with Crippen molar-refractivity contribution in [1.82, 2.24) is 18.7 Å². The Morgan fingerprint density at radius 1 is 1.15 bits per heavy atom. The second kappa shape index (κ2) is 7.77. The van der Waals surface area contributed by atoms with E-state index in [0.717, 1.165) is 23.8 Å². The Kier molecular flexibility index (Phi) is 5.43. The van der Waals surface area contributed by atoms with Crippen molar-refractivity contribution < 1.29 is 4.39 Å². The molecule has 2 aromatic heterocycles. The third-order valence-electron chi connectivity index (χ3n) is 4.64. The summed E-state index contributed by atoms with van der Waals surface area (Å²) in [6.45, 7) is 3.10. The Bertz CT molecular complexity index is 1080. The fraction of sp³-hybridized carbons (Fsp3) is 0.421. The van der Waals surface area contributed by atoms with Gasteiger partial charge in [-0.05, 0) is 24.1 Å². The summed E-state index contributed by atoms with van der Waals surface area (Å²) in [5.74, 6) is 0.165. The van der Waals surface area contributed by atoms with Crippen molar-refractivity contribution in [2.24, 2.45) is 14.1 Å². The van der Waals surface area contributed by atoms with Crippen LogP contribution in [0, 0.1) is 5.82 Å². The van der Waals surface area contributed by atoms with Crippen molar-refractivity contribution >= 4 is 17.1 Å². The summed E-state index contributed by atoms with van der Waals surface area (Å²) in [6.07, 6.45) is 3.14. The van der Waals surface area contributed by atoms with Crippen molar-refractivity contribution in [3.05, 3.63) is 56.5 Å². The number of nitrogens with zero attached hydrogens (tertiary/aromatic N) is 4. The van der Waals surface area contributed by atoms with E-state index in [2.05, 4.69) is 17.2 Å². The highest BCUT2D eigenvalue weighted by Crippen LogP contribution is 2.18. The molecule has 0 atom stereocenters. The van der Waals surface area contributed by atoms with Crippen LogP contribution in [0.4, 0.5) is 10.3 Å². The molecule has 0 amide bonds. The SMILES string of the molecule is CCCCCNc1nc2c(c(=O)n(C)c(=O)n2C)n1Cc1cccc(F)c1. The highest BCUT2D eigenvalue weighted by atomic mass is 19.1. The Morgan fingerprint density at radius 2 is 1.93 bits per heavy atom. The third kappa shape index (κ3) is 3.65. The van der Waals surface area contributed by atoms with E-state index in [-0.39, 0.29) is 12.4 Å². The van der Waals surface area contributed by atoms with Gasteiger partial charge in [0, 0.05) is 20.6 Å². The first-order valence-corrected chi connectivity index (χ1v) is 9.08. The lowest BCUT2D eigenvalue weighted by atomic mass is 10.2. The Labute approximate surface area is 156 Å². The van der Waals surface area contributed by atoms with Crippen LogP contribution in [0.1, 0.15) is 31.7 Å². The highest BCUT2D eigenvalue weighted by molar-refractivity contribution is 5.74. The first-order chi connectivity index (χ1) is 12.9. The highest BCUT2D eigenvalue weighted by Gasteiger charge is 2.19. The van der Waals surface area contributed by atoms with Crippen LogP contribution in [0.5, 0.6) is 0 Å². The van der Waals surface area contributed by atoms with Gasteiger partial charge in [-0.25, -0.2) is 9.18 Å². The van der Waals surface area contributed by atoms with Crippen LogP contribution < -0.4 is 16.6 Å². The summed E-state index contributed by atoms with van der Waals surface area (Å²) in [5, 5.41) is 3.26. The molecule has 0 spiro atoms. The molecule has 2 heterocycles. The average Bonchev–Trinajstić information content (AvgIpc) is 3.00. The van der Waals surface area contributed by atoms with E-state index < -0.39 is 11.2 Å². The summed E-state index contributed by atoms with van der Waals surface area (Å²) in [4.78, 5) is 29.5. The fourth-order valence-electron chi connectivity index (χ4n) is 3.13. The number of aryl methyl sites for hydroxylation is 1. The zero-order valence-electron chi connectivity index (χ0n) is 15.8. The van der Waals surface area contributed by atoms with Crippen molar-refractivity contribution in [2.75, 3.05) is 11.9 Å². The smallest absolute Gasteiger partial charge is 0.332 e. The normalized spacial score (nSPS) is 11.3. The van der Waals surface area contributed by atoms with Gasteiger partial charge in [-0.15, -0.1) is 0 Å². The molecule has 7 nitrogen and oxygen atoms in total. The molecule has 3 rings (SSSR count). The topological polar surface area (TPSA) is 73.8 Å². The summed E-state index contributed by atoms with van der Waals surface area (Å²) in [5.41, 5.74) is 0.500. The number of hydrogen-bond acceptors (Lipinski definition) is 4. The molecule has 0 aliphatic carbocycles. The number of rotatable bonds is 7. The second-order valence-electron chi connectivity index (χ2n) is 6.66. The predicted molar refractivity (Wildman–Crippen MR) is 104 cm³/mol. The summed E-state index contributed by atoms with van der Waals surface area (Å²) >= 11 is 0. The molecule has 0 unspecified atom stereocenters. The fourth-order valence-corrected chi connectivity index (χ4v) is 3.13. The zero-order chi connectivity index (χ0) is 19.6. The molecule has 8 heteroatoms. The van der Waals surface area contributed by atoms with E-state index in [9.17, 15) is 14.0 Å². The molecular weight excluding hydrogens is 349 g/mol. The molecule has 0 saturated carbocycles. The van der Waals surface area contributed by atoms with Crippen LogP contribution in [-0.2, 0) is 20.6 Å². The van der Waals surface area contributed by atoms with Gasteiger partial charge in [0.05, 0.1) is 6.54 Å². The van der Waals surface area contributed by atoms with Gasteiger partial charge < -0.3 is 5.32 Å². The van der Waals surface area contributed by atoms with Gasteiger partial charge in [0.1, 0.15) is 5.82 Å². The molecule has 0 radical (unpaired) electrons. The van der Waals surface area contributed by atoms with Crippen LogP contribution in [-0.4, -0.2) is 25.2 Å². The average molecular weight is 373 g/mol. The lowest BCUT2D eigenvalue weighted by molar-refractivity contribution is 0.624. The minimum atomic E-state index is -0.430. The number of fused-ring (bicyclic) bond motifs is 1. The van der Waals surface area contributed by atoms with Crippen LogP contribution in [0.2, 0.25) is 0 Å². The van der Waals surface area contributed by atoms with Crippen molar-refractivity contribution in [2.45, 2.75) is 32.7 Å². The quantitative estimate of drug-likeness (QED) is 0.645. The molecule has 3 aromatic rings. The molecule has 0 fully saturated rings. The molecule has 1 aromatic carbocycles. The van der Waals surface area contributed by atoms with Gasteiger partial charge in [-0.2, -0.15) is 4.98 Å². The maximum atomic E-state index is 13.6. The summed E-state index contributed by atoms with van der Waals surface area (Å²) in [6, 6.07) is 6.23. The first kappa shape index (κ1) is 18.9. The lowest BCUT2D eigenvalue weighted by Gasteiger charge is -2.11.